The van der Waals surface area contributed by atoms with Crippen LogP contribution in [-0.2, 0) is 16.0 Å². The van der Waals surface area contributed by atoms with E-state index in [1.807, 2.05) is 12.1 Å². The number of aryl methyl sites for hydroxylation is 1. The third-order valence-corrected chi connectivity index (χ3v) is 4.32. The lowest BCUT2D eigenvalue weighted by atomic mass is 10.0. The molecule has 0 bridgehead atoms. The van der Waals surface area contributed by atoms with E-state index in [0.29, 0.717) is 13.0 Å². The van der Waals surface area contributed by atoms with Gasteiger partial charge in [0.2, 0.25) is 5.91 Å². The van der Waals surface area contributed by atoms with Crippen LogP contribution in [-0.4, -0.2) is 50.2 Å². The second-order valence-electron chi connectivity index (χ2n) is 6.24. The lowest BCUT2D eigenvalue weighted by molar-refractivity contribution is -0.122. The fourth-order valence-electron chi connectivity index (χ4n) is 2.96. The van der Waals surface area contributed by atoms with Crippen molar-refractivity contribution in [1.82, 2.24) is 10.2 Å². The van der Waals surface area contributed by atoms with Gasteiger partial charge < -0.3 is 15.0 Å². The number of benzene rings is 2. The molecule has 1 N–H and O–H groups in total. The summed E-state index contributed by atoms with van der Waals surface area (Å²) in [5.41, 5.74) is 1.20. The van der Waals surface area contributed by atoms with E-state index >= 15 is 0 Å². The van der Waals surface area contributed by atoms with Gasteiger partial charge in [0.25, 0.3) is 0 Å². The molecule has 0 unspecified atom stereocenters. The number of ether oxygens (including phenoxy) is 1. The molecule has 4 nitrogen and oxygen atoms in total. The molecule has 2 aromatic carbocycles. The topological polar surface area (TPSA) is 41.6 Å². The average molecular weight is 312 g/mol. The molecule has 4 heteroatoms. The van der Waals surface area contributed by atoms with Crippen LogP contribution in [0.15, 0.2) is 42.5 Å². The molecular formula is C19H24N2O2. The van der Waals surface area contributed by atoms with Crippen molar-refractivity contribution in [2.45, 2.75) is 18.9 Å². The molecule has 1 fully saturated rings. The van der Waals surface area contributed by atoms with Crippen molar-refractivity contribution in [2.24, 2.45) is 0 Å². The van der Waals surface area contributed by atoms with E-state index in [9.17, 15) is 4.79 Å². The van der Waals surface area contributed by atoms with Gasteiger partial charge in [-0.15, -0.1) is 0 Å². The number of hydrogen-bond donors (Lipinski definition) is 1. The van der Waals surface area contributed by atoms with Crippen LogP contribution in [0.25, 0.3) is 10.8 Å². The molecule has 1 aliphatic heterocycles. The Bertz CT molecular complexity index is 671. The maximum atomic E-state index is 12.0. The highest BCUT2D eigenvalue weighted by molar-refractivity contribution is 5.83. The Balaban J connectivity index is 1.46. The molecule has 0 spiro atoms. The normalized spacial score (nSPS) is 18.9. The Morgan fingerprint density at radius 2 is 2.09 bits per heavy atom. The fraction of sp³-hybridized carbons (Fsp3) is 0.421. The summed E-state index contributed by atoms with van der Waals surface area (Å²) in [5.74, 6) is 0.0926. The molecule has 122 valence electrons. The predicted molar refractivity (Wildman–Crippen MR) is 92.5 cm³/mol. The van der Waals surface area contributed by atoms with Crippen molar-refractivity contribution >= 4 is 16.7 Å². The van der Waals surface area contributed by atoms with E-state index < -0.39 is 0 Å². The number of rotatable bonds is 5. The molecule has 1 aliphatic rings. The summed E-state index contributed by atoms with van der Waals surface area (Å²) >= 11 is 0. The van der Waals surface area contributed by atoms with E-state index in [1.165, 1.54) is 16.3 Å². The third kappa shape index (κ3) is 4.53. The van der Waals surface area contributed by atoms with Crippen LogP contribution < -0.4 is 5.32 Å². The molecule has 1 saturated heterocycles. The SMILES string of the molecule is CN1CCO[C@H](CNC(=O)CCc2ccc3ccccc3c2)C1. The van der Waals surface area contributed by atoms with Gasteiger partial charge in [0.1, 0.15) is 0 Å². The molecule has 3 rings (SSSR count). The summed E-state index contributed by atoms with van der Waals surface area (Å²) in [5, 5.41) is 5.45. The first-order valence-electron chi connectivity index (χ1n) is 8.25. The minimum atomic E-state index is 0.0926. The number of morpholine rings is 1. The van der Waals surface area contributed by atoms with Gasteiger partial charge in [-0.25, -0.2) is 0 Å². The van der Waals surface area contributed by atoms with Gasteiger partial charge in [-0.1, -0.05) is 42.5 Å². The molecule has 0 saturated carbocycles. The first-order valence-corrected chi connectivity index (χ1v) is 8.25. The van der Waals surface area contributed by atoms with Gasteiger partial charge in [0.15, 0.2) is 0 Å². The van der Waals surface area contributed by atoms with Crippen LogP contribution in [0.4, 0.5) is 0 Å². The number of amides is 1. The summed E-state index contributed by atoms with van der Waals surface area (Å²) in [6.07, 6.45) is 1.39. The molecule has 2 aromatic rings. The second kappa shape index (κ2) is 7.57. The molecule has 0 aromatic heterocycles. The van der Waals surface area contributed by atoms with Gasteiger partial charge in [-0.2, -0.15) is 0 Å². The highest BCUT2D eigenvalue weighted by Gasteiger charge is 2.18. The number of nitrogens with one attached hydrogen (secondary N) is 1. The van der Waals surface area contributed by atoms with Gasteiger partial charge in [-0.3, -0.25) is 4.79 Å². The third-order valence-electron chi connectivity index (χ3n) is 4.32. The minimum absolute atomic E-state index is 0.0926. The number of carbonyl (C=O) groups excluding carboxylic acids is 1. The second-order valence-corrected chi connectivity index (χ2v) is 6.24. The Hall–Kier alpha value is -1.91. The van der Waals surface area contributed by atoms with E-state index in [-0.39, 0.29) is 12.0 Å². The van der Waals surface area contributed by atoms with Gasteiger partial charge in [0, 0.05) is 26.1 Å². The fourth-order valence-corrected chi connectivity index (χ4v) is 2.96. The number of fused-ring (bicyclic) bond motifs is 1. The maximum Gasteiger partial charge on any atom is 0.220 e. The zero-order valence-electron chi connectivity index (χ0n) is 13.6. The largest absolute Gasteiger partial charge is 0.374 e. The van der Waals surface area contributed by atoms with Gasteiger partial charge in [-0.05, 0) is 29.8 Å². The molecule has 1 atom stereocenters. The lowest BCUT2D eigenvalue weighted by Gasteiger charge is -2.30. The summed E-state index contributed by atoms with van der Waals surface area (Å²) in [4.78, 5) is 14.3. The quantitative estimate of drug-likeness (QED) is 0.920. The molecule has 1 amide bonds. The first kappa shape index (κ1) is 16.0. The molecule has 0 radical (unpaired) electrons. The average Bonchev–Trinajstić information content (AvgIpc) is 2.58. The Morgan fingerprint density at radius 3 is 2.91 bits per heavy atom. The standard InChI is InChI=1S/C19H24N2O2/c1-21-10-11-23-18(14-21)13-20-19(22)9-7-15-6-8-16-4-2-3-5-17(16)12-15/h2-6,8,12,18H,7,9-11,13-14H2,1H3,(H,20,22)/t18-/m1/s1. The van der Waals surface area contributed by atoms with E-state index in [2.05, 4.69) is 47.6 Å². The molecule has 23 heavy (non-hydrogen) atoms. The van der Waals surface area contributed by atoms with Crippen molar-refractivity contribution in [3.63, 3.8) is 0 Å². The van der Waals surface area contributed by atoms with Crippen molar-refractivity contribution < 1.29 is 9.53 Å². The van der Waals surface area contributed by atoms with Gasteiger partial charge >= 0.3 is 0 Å². The number of nitrogens with zero attached hydrogens (tertiary/aromatic N) is 1. The molecular weight excluding hydrogens is 288 g/mol. The summed E-state index contributed by atoms with van der Waals surface area (Å²) in [6, 6.07) is 14.7. The zero-order valence-corrected chi connectivity index (χ0v) is 13.6. The van der Waals surface area contributed by atoms with Crippen molar-refractivity contribution in [2.75, 3.05) is 33.3 Å². The minimum Gasteiger partial charge on any atom is -0.374 e. The summed E-state index contributed by atoms with van der Waals surface area (Å²) < 4.78 is 5.65. The smallest absolute Gasteiger partial charge is 0.220 e. The van der Waals surface area contributed by atoms with Gasteiger partial charge in [0.05, 0.1) is 12.7 Å². The van der Waals surface area contributed by atoms with E-state index in [0.717, 1.165) is 26.1 Å². The first-order chi connectivity index (χ1) is 11.2. The van der Waals surface area contributed by atoms with E-state index in [4.69, 9.17) is 4.74 Å². The summed E-state index contributed by atoms with van der Waals surface area (Å²) in [7, 11) is 2.08. The van der Waals surface area contributed by atoms with Crippen molar-refractivity contribution in [1.29, 1.82) is 0 Å². The Morgan fingerprint density at radius 1 is 1.26 bits per heavy atom. The highest BCUT2D eigenvalue weighted by atomic mass is 16.5. The number of carbonyl (C=O) groups is 1. The summed E-state index contributed by atoms with van der Waals surface area (Å²) in [6.45, 7) is 3.19. The molecule has 1 heterocycles. The van der Waals surface area contributed by atoms with Crippen LogP contribution in [0.1, 0.15) is 12.0 Å². The lowest BCUT2D eigenvalue weighted by Crippen LogP contribution is -2.45. The Labute approximate surface area is 137 Å². The molecule has 0 aliphatic carbocycles. The monoisotopic (exact) mass is 312 g/mol. The van der Waals surface area contributed by atoms with Crippen LogP contribution >= 0.6 is 0 Å². The van der Waals surface area contributed by atoms with Crippen LogP contribution in [0.5, 0.6) is 0 Å². The van der Waals surface area contributed by atoms with E-state index in [1.54, 1.807) is 0 Å². The van der Waals surface area contributed by atoms with Crippen LogP contribution in [0, 0.1) is 0 Å². The highest BCUT2D eigenvalue weighted by Crippen LogP contribution is 2.16. The number of hydrogen-bond acceptors (Lipinski definition) is 3. The zero-order chi connectivity index (χ0) is 16.1. The van der Waals surface area contributed by atoms with Crippen molar-refractivity contribution in [3.05, 3.63) is 48.0 Å². The Kier molecular flexibility index (Phi) is 5.26. The van der Waals surface area contributed by atoms with Crippen LogP contribution in [0.2, 0.25) is 0 Å². The van der Waals surface area contributed by atoms with Crippen molar-refractivity contribution in [3.8, 4) is 0 Å². The predicted octanol–water partition coefficient (Wildman–Crippen LogP) is 2.22. The maximum absolute atomic E-state index is 12.0. The van der Waals surface area contributed by atoms with Crippen LogP contribution in [0.3, 0.4) is 0 Å². The number of likely N-dealkylation sites (N-methyl/N-ethyl adjacent to an activating group) is 1.